The number of halogens is 1. The first-order valence-corrected chi connectivity index (χ1v) is 10.5. The second-order valence-corrected chi connectivity index (χ2v) is 7.64. The van der Waals surface area contributed by atoms with Crippen molar-refractivity contribution < 1.29 is 23.9 Å². The van der Waals surface area contributed by atoms with Crippen molar-refractivity contribution in [2.75, 3.05) is 19.7 Å². The molecule has 7 nitrogen and oxygen atoms in total. The minimum absolute atomic E-state index is 0.113. The molecule has 0 bridgehead atoms. The van der Waals surface area contributed by atoms with Crippen LogP contribution in [0, 0.1) is 0 Å². The molecule has 1 aliphatic rings. The third kappa shape index (κ3) is 5.38. The Labute approximate surface area is 183 Å². The predicted octanol–water partition coefficient (Wildman–Crippen LogP) is 2.92. The van der Waals surface area contributed by atoms with Crippen LogP contribution in [0.15, 0.2) is 53.0 Å². The molecule has 1 unspecified atom stereocenters. The summed E-state index contributed by atoms with van der Waals surface area (Å²) in [5.41, 5.74) is 1.19. The van der Waals surface area contributed by atoms with E-state index in [9.17, 15) is 14.4 Å². The Kier molecular flexibility index (Phi) is 7.46. The first-order chi connectivity index (χ1) is 14.5. The molecule has 30 heavy (non-hydrogen) atoms. The van der Waals surface area contributed by atoms with Crippen molar-refractivity contribution >= 4 is 33.7 Å². The Morgan fingerprint density at radius 2 is 1.97 bits per heavy atom. The van der Waals surface area contributed by atoms with Crippen LogP contribution in [0.4, 0.5) is 0 Å². The lowest BCUT2D eigenvalue weighted by Gasteiger charge is -2.35. The predicted molar refractivity (Wildman–Crippen MR) is 114 cm³/mol. The van der Waals surface area contributed by atoms with Gasteiger partial charge in [0.15, 0.2) is 0 Å². The van der Waals surface area contributed by atoms with Crippen molar-refractivity contribution in [3.8, 4) is 5.75 Å². The fourth-order valence-corrected chi connectivity index (χ4v) is 3.58. The molecule has 0 aliphatic carbocycles. The molecule has 2 aromatic carbocycles. The number of hydrogen-bond acceptors (Lipinski definition) is 5. The van der Waals surface area contributed by atoms with Crippen LogP contribution in [0.25, 0.3) is 0 Å². The quantitative estimate of drug-likeness (QED) is 0.623. The van der Waals surface area contributed by atoms with E-state index in [2.05, 4.69) is 21.2 Å². The number of piperazine rings is 1. The van der Waals surface area contributed by atoms with Crippen LogP contribution in [-0.4, -0.2) is 48.4 Å². The molecule has 158 valence electrons. The molecule has 0 radical (unpaired) electrons. The number of carbonyl (C=O) groups is 3. The second-order valence-electron chi connectivity index (χ2n) is 6.73. The lowest BCUT2D eigenvalue weighted by atomic mass is 10.1. The minimum Gasteiger partial charge on any atom is -0.493 e. The summed E-state index contributed by atoms with van der Waals surface area (Å²) in [6, 6.07) is 13.5. The monoisotopic (exact) mass is 474 g/mol. The van der Waals surface area contributed by atoms with E-state index in [1.807, 2.05) is 37.3 Å². The highest BCUT2D eigenvalue weighted by Crippen LogP contribution is 2.26. The number of esters is 1. The molecule has 1 fully saturated rings. The molecule has 0 spiro atoms. The van der Waals surface area contributed by atoms with Gasteiger partial charge >= 0.3 is 5.97 Å². The van der Waals surface area contributed by atoms with Gasteiger partial charge in [-0.3, -0.25) is 14.4 Å². The molecule has 1 atom stereocenters. The summed E-state index contributed by atoms with van der Waals surface area (Å²) in [6.45, 7) is 2.95. The second kappa shape index (κ2) is 10.2. The third-order valence-corrected chi connectivity index (χ3v) is 5.16. The standard InChI is InChI=1S/C22H23BrN2O5/c1-2-29-19-9-8-16(23)12-17(19)22(28)25-11-10-24-21(27)18(25)13-20(26)30-14-15-6-4-3-5-7-15/h3-9,12,18H,2,10-11,13-14H2,1H3,(H,24,27). The summed E-state index contributed by atoms with van der Waals surface area (Å²) in [4.78, 5) is 39.5. The molecule has 2 aromatic rings. The van der Waals surface area contributed by atoms with E-state index in [1.165, 1.54) is 4.90 Å². The van der Waals surface area contributed by atoms with E-state index in [0.29, 0.717) is 31.0 Å². The molecule has 0 saturated carbocycles. The summed E-state index contributed by atoms with van der Waals surface area (Å²) in [5.74, 6) is -0.852. The Morgan fingerprint density at radius 3 is 2.70 bits per heavy atom. The smallest absolute Gasteiger partial charge is 0.308 e. The Hall–Kier alpha value is -2.87. The molecular weight excluding hydrogens is 452 g/mol. The van der Waals surface area contributed by atoms with Crippen molar-refractivity contribution in [2.45, 2.75) is 26.0 Å². The van der Waals surface area contributed by atoms with E-state index >= 15 is 0 Å². The van der Waals surface area contributed by atoms with Crippen molar-refractivity contribution in [1.82, 2.24) is 10.2 Å². The number of ether oxygens (including phenoxy) is 2. The molecule has 1 saturated heterocycles. The van der Waals surface area contributed by atoms with Gasteiger partial charge in [-0.15, -0.1) is 0 Å². The molecule has 0 aromatic heterocycles. The number of hydrogen-bond donors (Lipinski definition) is 1. The van der Waals surface area contributed by atoms with Crippen LogP contribution in [0.3, 0.4) is 0 Å². The van der Waals surface area contributed by atoms with Crippen LogP contribution in [-0.2, 0) is 20.9 Å². The molecule has 2 amide bonds. The maximum Gasteiger partial charge on any atom is 0.308 e. The topological polar surface area (TPSA) is 84.9 Å². The fourth-order valence-electron chi connectivity index (χ4n) is 3.22. The van der Waals surface area contributed by atoms with E-state index in [1.54, 1.807) is 18.2 Å². The van der Waals surface area contributed by atoms with E-state index in [0.717, 1.165) is 10.0 Å². The van der Waals surface area contributed by atoms with Gasteiger partial charge in [0, 0.05) is 17.6 Å². The summed E-state index contributed by atoms with van der Waals surface area (Å²) < 4.78 is 11.6. The van der Waals surface area contributed by atoms with Gasteiger partial charge in [0.2, 0.25) is 5.91 Å². The molecular formula is C22H23BrN2O5. The highest BCUT2D eigenvalue weighted by molar-refractivity contribution is 9.10. The summed E-state index contributed by atoms with van der Waals surface area (Å²) in [5, 5.41) is 2.72. The zero-order chi connectivity index (χ0) is 21.5. The average molecular weight is 475 g/mol. The molecule has 1 heterocycles. The summed E-state index contributed by atoms with van der Waals surface area (Å²) in [6.07, 6.45) is -0.220. The van der Waals surface area contributed by atoms with Crippen molar-refractivity contribution in [1.29, 1.82) is 0 Å². The number of nitrogens with one attached hydrogen (secondary N) is 1. The van der Waals surface area contributed by atoms with Crippen molar-refractivity contribution in [3.05, 3.63) is 64.1 Å². The zero-order valence-corrected chi connectivity index (χ0v) is 18.2. The molecule has 1 N–H and O–H groups in total. The van der Waals surface area contributed by atoms with Gasteiger partial charge < -0.3 is 19.7 Å². The van der Waals surface area contributed by atoms with Crippen LogP contribution >= 0.6 is 15.9 Å². The van der Waals surface area contributed by atoms with Gasteiger partial charge in [-0.2, -0.15) is 0 Å². The molecule has 1 aliphatic heterocycles. The van der Waals surface area contributed by atoms with Gasteiger partial charge in [0.1, 0.15) is 18.4 Å². The highest BCUT2D eigenvalue weighted by Gasteiger charge is 2.36. The van der Waals surface area contributed by atoms with Crippen molar-refractivity contribution in [2.24, 2.45) is 0 Å². The Bertz CT molecular complexity index is 919. The average Bonchev–Trinajstić information content (AvgIpc) is 2.75. The van der Waals surface area contributed by atoms with E-state index < -0.39 is 12.0 Å². The van der Waals surface area contributed by atoms with Crippen LogP contribution < -0.4 is 10.1 Å². The van der Waals surface area contributed by atoms with E-state index in [4.69, 9.17) is 9.47 Å². The minimum atomic E-state index is -0.942. The summed E-state index contributed by atoms with van der Waals surface area (Å²) in [7, 11) is 0. The normalized spacial score (nSPS) is 16.0. The van der Waals surface area contributed by atoms with Crippen LogP contribution in [0.2, 0.25) is 0 Å². The lowest BCUT2D eigenvalue weighted by Crippen LogP contribution is -2.57. The van der Waals surface area contributed by atoms with Crippen LogP contribution in [0.5, 0.6) is 5.75 Å². The largest absolute Gasteiger partial charge is 0.493 e. The number of benzene rings is 2. The Balaban J connectivity index is 1.74. The van der Waals surface area contributed by atoms with Gasteiger partial charge in [-0.1, -0.05) is 46.3 Å². The lowest BCUT2D eigenvalue weighted by molar-refractivity contribution is -0.148. The first kappa shape index (κ1) is 21.8. The third-order valence-electron chi connectivity index (χ3n) is 4.67. The van der Waals surface area contributed by atoms with E-state index in [-0.39, 0.29) is 24.8 Å². The highest BCUT2D eigenvalue weighted by atomic mass is 79.9. The SMILES string of the molecule is CCOc1ccc(Br)cc1C(=O)N1CCNC(=O)C1CC(=O)OCc1ccccc1. The summed E-state index contributed by atoms with van der Waals surface area (Å²) >= 11 is 3.37. The fraction of sp³-hybridized carbons (Fsp3) is 0.318. The number of nitrogens with zero attached hydrogens (tertiary/aromatic N) is 1. The number of amides is 2. The van der Waals surface area contributed by atoms with Gasteiger partial charge in [0.25, 0.3) is 5.91 Å². The van der Waals surface area contributed by atoms with Crippen molar-refractivity contribution in [3.63, 3.8) is 0 Å². The molecule has 3 rings (SSSR count). The maximum atomic E-state index is 13.3. The van der Waals surface area contributed by atoms with Crippen LogP contribution in [0.1, 0.15) is 29.3 Å². The van der Waals surface area contributed by atoms with Gasteiger partial charge in [-0.25, -0.2) is 0 Å². The van der Waals surface area contributed by atoms with Gasteiger partial charge in [-0.05, 0) is 30.7 Å². The zero-order valence-electron chi connectivity index (χ0n) is 16.6. The first-order valence-electron chi connectivity index (χ1n) is 9.70. The number of rotatable bonds is 7. The van der Waals surface area contributed by atoms with Gasteiger partial charge in [0.05, 0.1) is 18.6 Å². The maximum absolute atomic E-state index is 13.3. The molecule has 8 heteroatoms. The number of carbonyl (C=O) groups excluding carboxylic acids is 3. The Morgan fingerprint density at radius 1 is 1.20 bits per heavy atom.